The van der Waals surface area contributed by atoms with Gasteiger partial charge in [0.15, 0.2) is 11.6 Å². The summed E-state index contributed by atoms with van der Waals surface area (Å²) in [5, 5.41) is 2.87. The zero-order chi connectivity index (χ0) is 28.4. The molecule has 0 aliphatic carbocycles. The molecular formula is C28H31ClFN7O2. The molecule has 2 aromatic heterocycles. The Labute approximate surface area is 232 Å². The number of amidine groups is 1. The molecule has 0 saturated heterocycles. The largest absolute Gasteiger partial charge is 0.357 e. The molecule has 204 valence electrons. The molecule has 0 saturated carbocycles. The molecule has 2 heterocycles. The van der Waals surface area contributed by atoms with Crippen LogP contribution in [0, 0.1) is 5.82 Å². The van der Waals surface area contributed by atoms with Crippen LogP contribution in [-0.4, -0.2) is 64.7 Å². The van der Waals surface area contributed by atoms with E-state index in [9.17, 15) is 14.0 Å². The van der Waals surface area contributed by atoms with Gasteiger partial charge in [0.2, 0.25) is 12.8 Å². The number of hydrogen-bond acceptors (Lipinski definition) is 6. The Morgan fingerprint density at radius 2 is 1.97 bits per heavy atom. The number of aromatic nitrogens is 3. The number of pyridine rings is 1. The minimum absolute atomic E-state index is 0.155. The van der Waals surface area contributed by atoms with Crippen LogP contribution in [0.4, 0.5) is 16.0 Å². The third kappa shape index (κ3) is 6.64. The molecule has 0 spiro atoms. The van der Waals surface area contributed by atoms with Gasteiger partial charge in [-0.2, -0.15) is 0 Å². The monoisotopic (exact) mass is 551 g/mol. The van der Waals surface area contributed by atoms with E-state index in [1.165, 1.54) is 17.2 Å². The van der Waals surface area contributed by atoms with E-state index in [0.29, 0.717) is 55.8 Å². The van der Waals surface area contributed by atoms with Crippen LogP contribution in [0.2, 0.25) is 5.02 Å². The number of rotatable bonds is 13. The zero-order valence-corrected chi connectivity index (χ0v) is 22.9. The summed E-state index contributed by atoms with van der Waals surface area (Å²) in [6.45, 7) is 8.50. The number of anilines is 2. The predicted molar refractivity (Wildman–Crippen MR) is 152 cm³/mol. The third-order valence-electron chi connectivity index (χ3n) is 6.06. The summed E-state index contributed by atoms with van der Waals surface area (Å²) in [6, 6.07) is 7.55. The lowest BCUT2D eigenvalue weighted by Crippen LogP contribution is -2.45. The average molecular weight is 552 g/mol. The van der Waals surface area contributed by atoms with Crippen molar-refractivity contribution < 1.29 is 14.0 Å². The summed E-state index contributed by atoms with van der Waals surface area (Å²) >= 11 is 6.72. The first kappa shape index (κ1) is 29.4. The topological polar surface area (TPSA) is 104 Å². The molecule has 3 rings (SSSR count). The molecule has 9 nitrogen and oxygen atoms in total. The lowest BCUT2D eigenvalue weighted by Gasteiger charge is -2.33. The van der Waals surface area contributed by atoms with Crippen molar-refractivity contribution in [2.24, 2.45) is 4.99 Å². The van der Waals surface area contributed by atoms with Crippen molar-refractivity contribution in [2.75, 3.05) is 25.0 Å². The van der Waals surface area contributed by atoms with Crippen molar-refractivity contribution in [3.8, 4) is 11.3 Å². The summed E-state index contributed by atoms with van der Waals surface area (Å²) in [7, 11) is 1.61. The Balaban J connectivity index is 2.32. The minimum Gasteiger partial charge on any atom is -0.357 e. The van der Waals surface area contributed by atoms with Crippen LogP contribution < -0.4 is 10.2 Å². The molecule has 1 aromatic carbocycles. The van der Waals surface area contributed by atoms with E-state index in [4.69, 9.17) is 16.6 Å². The number of hydrogen-bond donors (Lipinski definition) is 1. The lowest BCUT2D eigenvalue weighted by molar-refractivity contribution is -0.109. The first-order chi connectivity index (χ1) is 18.9. The van der Waals surface area contributed by atoms with Crippen molar-refractivity contribution in [1.29, 1.82) is 0 Å². The third-order valence-corrected chi connectivity index (χ3v) is 6.35. The van der Waals surface area contributed by atoms with E-state index < -0.39 is 5.82 Å². The Morgan fingerprint density at radius 1 is 1.23 bits per heavy atom. The van der Waals surface area contributed by atoms with E-state index >= 15 is 0 Å². The molecule has 39 heavy (non-hydrogen) atoms. The second-order valence-corrected chi connectivity index (χ2v) is 8.93. The van der Waals surface area contributed by atoms with E-state index in [1.807, 2.05) is 18.7 Å². The predicted octanol–water partition coefficient (Wildman–Crippen LogP) is 4.58. The highest BCUT2D eigenvalue weighted by atomic mass is 35.5. The zero-order valence-electron chi connectivity index (χ0n) is 22.1. The molecule has 0 bridgehead atoms. The van der Waals surface area contributed by atoms with Gasteiger partial charge in [0, 0.05) is 44.1 Å². The van der Waals surface area contributed by atoms with Crippen LogP contribution >= 0.6 is 11.6 Å². The van der Waals surface area contributed by atoms with Gasteiger partial charge in [-0.05, 0) is 38.0 Å². The highest BCUT2D eigenvalue weighted by Gasteiger charge is 2.28. The van der Waals surface area contributed by atoms with Gasteiger partial charge in [-0.15, -0.1) is 6.58 Å². The highest BCUT2D eigenvalue weighted by Crippen LogP contribution is 2.36. The van der Waals surface area contributed by atoms with Gasteiger partial charge >= 0.3 is 0 Å². The number of aliphatic imine (C=N–C) groups is 1. The second-order valence-electron chi connectivity index (χ2n) is 8.52. The Hall–Kier alpha value is -4.18. The number of carbonyl (C=O) groups excluding carboxylic acids is 2. The van der Waals surface area contributed by atoms with Crippen LogP contribution in [0.5, 0.6) is 0 Å². The summed E-state index contributed by atoms with van der Waals surface area (Å²) in [5.41, 5.74) is 1.33. The fourth-order valence-corrected chi connectivity index (χ4v) is 4.43. The van der Waals surface area contributed by atoms with Crippen LogP contribution in [0.1, 0.15) is 31.5 Å². The van der Waals surface area contributed by atoms with Crippen molar-refractivity contribution >= 4 is 41.9 Å². The van der Waals surface area contributed by atoms with E-state index in [2.05, 4.69) is 26.9 Å². The van der Waals surface area contributed by atoms with Gasteiger partial charge in [0.25, 0.3) is 0 Å². The fourth-order valence-electron chi connectivity index (χ4n) is 4.18. The molecule has 1 N–H and O–H groups in total. The fraction of sp³-hybridized carbons (Fsp3) is 0.286. The summed E-state index contributed by atoms with van der Waals surface area (Å²) in [4.78, 5) is 45.0. The summed E-state index contributed by atoms with van der Waals surface area (Å²) in [6.07, 6.45) is 7.15. The van der Waals surface area contributed by atoms with Gasteiger partial charge in [0.05, 0.1) is 22.0 Å². The molecule has 2 amide bonds. The molecule has 3 aromatic rings. The van der Waals surface area contributed by atoms with Crippen molar-refractivity contribution in [1.82, 2.24) is 25.2 Å². The standard InChI is InChI=1S/C28H31ClFN7O2/c1-5-7-14-36(19(3)16-32-17-38)26(31-4)21-15-22(29)25(20-10-8-9-11-23(20)30)35-27(21)37(18-39)28-24(6-2)33-12-13-34-28/h5,8-13,15,17-19H,1,6-7,14,16H2,2-4H3,(H,32,38)/b31-26+. The number of halogens is 2. The van der Waals surface area contributed by atoms with E-state index in [0.717, 1.165) is 0 Å². The van der Waals surface area contributed by atoms with E-state index in [-0.39, 0.29) is 34.0 Å². The Morgan fingerprint density at radius 3 is 2.62 bits per heavy atom. The summed E-state index contributed by atoms with van der Waals surface area (Å²) < 4.78 is 14.8. The van der Waals surface area contributed by atoms with E-state index in [1.54, 1.807) is 43.6 Å². The molecule has 0 radical (unpaired) electrons. The maximum Gasteiger partial charge on any atom is 0.221 e. The first-order valence-electron chi connectivity index (χ1n) is 12.4. The SMILES string of the molecule is C=CCCN(/C(=N/C)c1cc(Cl)c(-c2ccccc2F)nc1N(C=O)c1nccnc1CC)C(C)CNC=O. The average Bonchev–Trinajstić information content (AvgIpc) is 2.95. The number of nitrogens with zero attached hydrogens (tertiary/aromatic N) is 6. The highest BCUT2D eigenvalue weighted by molar-refractivity contribution is 6.33. The Bertz CT molecular complexity index is 1350. The number of carbonyl (C=O) groups is 2. The molecule has 0 aliphatic heterocycles. The van der Waals surface area contributed by atoms with Crippen molar-refractivity contribution in [3.05, 3.63) is 77.5 Å². The van der Waals surface area contributed by atoms with Gasteiger partial charge in [0.1, 0.15) is 11.7 Å². The quantitative estimate of drug-likeness (QED) is 0.144. The molecule has 0 fully saturated rings. The molecule has 1 unspecified atom stereocenters. The van der Waals surface area contributed by atoms with Crippen molar-refractivity contribution in [3.63, 3.8) is 0 Å². The molecule has 1 atom stereocenters. The molecule has 11 heteroatoms. The molecular weight excluding hydrogens is 521 g/mol. The van der Waals surface area contributed by atoms with Gasteiger partial charge < -0.3 is 10.2 Å². The summed E-state index contributed by atoms with van der Waals surface area (Å²) in [5.74, 6) is 0.398. The number of nitrogens with one attached hydrogen (secondary N) is 1. The number of aryl methyl sites for hydroxylation is 1. The Kier molecular flexibility index (Phi) is 10.6. The lowest BCUT2D eigenvalue weighted by atomic mass is 10.1. The van der Waals surface area contributed by atoms with Crippen LogP contribution in [0.25, 0.3) is 11.3 Å². The van der Waals surface area contributed by atoms with Gasteiger partial charge in [-0.3, -0.25) is 19.6 Å². The van der Waals surface area contributed by atoms with Crippen LogP contribution in [-0.2, 0) is 16.0 Å². The number of benzene rings is 1. The van der Waals surface area contributed by atoms with Gasteiger partial charge in [-0.1, -0.05) is 36.7 Å². The molecule has 0 aliphatic rings. The second kappa shape index (κ2) is 14.1. The van der Waals surface area contributed by atoms with Crippen LogP contribution in [0.15, 0.2) is 60.4 Å². The normalized spacial score (nSPS) is 12.0. The van der Waals surface area contributed by atoms with Gasteiger partial charge in [-0.25, -0.2) is 19.3 Å². The maximum atomic E-state index is 14.8. The minimum atomic E-state index is -0.512. The maximum absolute atomic E-state index is 14.8. The van der Waals surface area contributed by atoms with Crippen LogP contribution in [0.3, 0.4) is 0 Å². The first-order valence-corrected chi connectivity index (χ1v) is 12.8. The van der Waals surface area contributed by atoms with Crippen molar-refractivity contribution in [2.45, 2.75) is 32.7 Å². The number of amides is 2. The smallest absolute Gasteiger partial charge is 0.221 e.